The van der Waals surface area contributed by atoms with E-state index in [4.69, 9.17) is 11.6 Å². The Morgan fingerprint density at radius 1 is 1.29 bits per heavy atom. The van der Waals surface area contributed by atoms with Crippen LogP contribution in [-0.2, 0) is 16.1 Å². The molecule has 0 spiro atoms. The van der Waals surface area contributed by atoms with Crippen molar-refractivity contribution < 1.29 is 9.59 Å². The molecule has 6 heteroatoms. The molecule has 1 aromatic rings. The molecule has 1 aliphatic rings. The summed E-state index contributed by atoms with van der Waals surface area (Å²) in [6.45, 7) is 6.37. The molecule has 0 unspecified atom stereocenters. The van der Waals surface area contributed by atoms with Crippen molar-refractivity contribution in [2.75, 3.05) is 19.6 Å². The van der Waals surface area contributed by atoms with E-state index in [1.165, 1.54) is 5.56 Å². The molecule has 2 N–H and O–H groups in total. The average Bonchev–Trinajstić information content (AvgIpc) is 2.55. The first-order chi connectivity index (χ1) is 11.4. The van der Waals surface area contributed by atoms with Gasteiger partial charge in [0.05, 0.1) is 6.54 Å². The van der Waals surface area contributed by atoms with E-state index in [0.717, 1.165) is 37.5 Å². The van der Waals surface area contributed by atoms with Gasteiger partial charge >= 0.3 is 0 Å². The topological polar surface area (TPSA) is 61.4 Å². The summed E-state index contributed by atoms with van der Waals surface area (Å²) in [6.07, 6.45) is 2.03. The number of piperidine rings is 1. The molecule has 1 aliphatic heterocycles. The van der Waals surface area contributed by atoms with Gasteiger partial charge in [-0.1, -0.05) is 37.6 Å². The summed E-state index contributed by atoms with van der Waals surface area (Å²) < 4.78 is 0. The first kappa shape index (κ1) is 18.7. The normalized spacial score (nSPS) is 18.4. The fourth-order valence-electron chi connectivity index (χ4n) is 2.82. The summed E-state index contributed by atoms with van der Waals surface area (Å²) in [5, 5.41) is 6.41. The summed E-state index contributed by atoms with van der Waals surface area (Å²) >= 11 is 5.92. The van der Waals surface area contributed by atoms with Gasteiger partial charge in [-0.2, -0.15) is 0 Å². The van der Waals surface area contributed by atoms with E-state index < -0.39 is 0 Å². The van der Waals surface area contributed by atoms with E-state index in [2.05, 4.69) is 15.5 Å². The maximum atomic E-state index is 12.0. The molecule has 1 fully saturated rings. The van der Waals surface area contributed by atoms with Crippen molar-refractivity contribution in [2.24, 2.45) is 5.92 Å². The van der Waals surface area contributed by atoms with Crippen molar-refractivity contribution in [3.05, 3.63) is 34.9 Å². The van der Waals surface area contributed by atoms with E-state index in [1.54, 1.807) is 0 Å². The van der Waals surface area contributed by atoms with Crippen molar-refractivity contribution in [3.8, 4) is 0 Å². The number of nitrogens with zero attached hydrogens (tertiary/aromatic N) is 1. The maximum absolute atomic E-state index is 12.0. The van der Waals surface area contributed by atoms with E-state index in [1.807, 2.05) is 38.1 Å². The third-order valence-electron chi connectivity index (χ3n) is 4.14. The van der Waals surface area contributed by atoms with Gasteiger partial charge in [0.1, 0.15) is 0 Å². The minimum atomic E-state index is -0.123. The molecule has 2 rings (SSSR count). The molecule has 0 bridgehead atoms. The van der Waals surface area contributed by atoms with E-state index in [-0.39, 0.29) is 30.3 Å². The second-order valence-electron chi connectivity index (χ2n) is 6.64. The first-order valence-electron chi connectivity index (χ1n) is 8.48. The van der Waals surface area contributed by atoms with Crippen LogP contribution in [0.4, 0.5) is 0 Å². The van der Waals surface area contributed by atoms with Gasteiger partial charge in [0.15, 0.2) is 0 Å². The van der Waals surface area contributed by atoms with Crippen LogP contribution in [0.15, 0.2) is 24.3 Å². The van der Waals surface area contributed by atoms with Crippen LogP contribution in [0.2, 0.25) is 5.02 Å². The van der Waals surface area contributed by atoms with Gasteiger partial charge in [-0.05, 0) is 37.1 Å². The Bertz CT molecular complexity index is 560. The molecule has 0 aliphatic carbocycles. The minimum absolute atomic E-state index is 0.0463. The zero-order valence-corrected chi connectivity index (χ0v) is 15.1. The predicted octanol–water partition coefficient (Wildman–Crippen LogP) is 2.19. The summed E-state index contributed by atoms with van der Waals surface area (Å²) in [6, 6.07) is 8.00. The molecule has 0 radical (unpaired) electrons. The van der Waals surface area contributed by atoms with Crippen LogP contribution in [0.5, 0.6) is 0 Å². The van der Waals surface area contributed by atoms with Crippen molar-refractivity contribution in [1.82, 2.24) is 15.5 Å². The average molecular weight is 352 g/mol. The van der Waals surface area contributed by atoms with Crippen molar-refractivity contribution >= 4 is 23.4 Å². The van der Waals surface area contributed by atoms with Crippen LogP contribution in [0, 0.1) is 5.92 Å². The number of hydrogen-bond acceptors (Lipinski definition) is 3. The molecule has 2 amide bonds. The van der Waals surface area contributed by atoms with Crippen LogP contribution < -0.4 is 10.6 Å². The number of halogens is 1. The predicted molar refractivity (Wildman–Crippen MR) is 95.7 cm³/mol. The lowest BCUT2D eigenvalue weighted by Crippen LogP contribution is -2.50. The van der Waals surface area contributed by atoms with Crippen molar-refractivity contribution in [1.29, 1.82) is 0 Å². The van der Waals surface area contributed by atoms with Gasteiger partial charge in [-0.3, -0.25) is 14.5 Å². The molecule has 1 atom stereocenters. The van der Waals surface area contributed by atoms with Crippen LogP contribution in [0.3, 0.4) is 0 Å². The molecular weight excluding hydrogens is 326 g/mol. The monoisotopic (exact) mass is 351 g/mol. The molecule has 132 valence electrons. The van der Waals surface area contributed by atoms with Crippen LogP contribution in [-0.4, -0.2) is 42.4 Å². The number of amides is 2. The van der Waals surface area contributed by atoms with Crippen molar-refractivity contribution in [3.63, 3.8) is 0 Å². The third-order valence-corrected chi connectivity index (χ3v) is 4.39. The molecule has 24 heavy (non-hydrogen) atoms. The van der Waals surface area contributed by atoms with E-state index in [0.29, 0.717) is 0 Å². The standard InChI is InChI=1S/C18H26ClN3O2/c1-13(2)18(24)20-10-17(23)21-16-4-3-9-22(12-16)11-14-5-7-15(19)8-6-14/h5-8,13,16H,3-4,9-12H2,1-2H3,(H,20,24)(H,21,23)/t16-/m0/s1. The molecule has 1 saturated heterocycles. The molecular formula is C18H26ClN3O2. The lowest BCUT2D eigenvalue weighted by atomic mass is 10.0. The number of likely N-dealkylation sites (tertiary alicyclic amines) is 1. The highest BCUT2D eigenvalue weighted by Crippen LogP contribution is 2.15. The highest BCUT2D eigenvalue weighted by atomic mass is 35.5. The second kappa shape index (κ2) is 9.04. The van der Waals surface area contributed by atoms with E-state index >= 15 is 0 Å². The Balaban J connectivity index is 1.77. The van der Waals surface area contributed by atoms with Gasteiger partial charge in [-0.15, -0.1) is 0 Å². The Morgan fingerprint density at radius 3 is 2.67 bits per heavy atom. The highest BCUT2D eigenvalue weighted by Gasteiger charge is 2.21. The smallest absolute Gasteiger partial charge is 0.239 e. The van der Waals surface area contributed by atoms with Gasteiger partial charge in [0.25, 0.3) is 0 Å². The maximum Gasteiger partial charge on any atom is 0.239 e. The second-order valence-corrected chi connectivity index (χ2v) is 7.08. The number of carbonyl (C=O) groups excluding carboxylic acids is 2. The number of carbonyl (C=O) groups is 2. The largest absolute Gasteiger partial charge is 0.351 e. The van der Waals surface area contributed by atoms with Gasteiger partial charge in [-0.25, -0.2) is 0 Å². The highest BCUT2D eigenvalue weighted by molar-refractivity contribution is 6.30. The first-order valence-corrected chi connectivity index (χ1v) is 8.85. The van der Waals surface area contributed by atoms with Crippen molar-refractivity contribution in [2.45, 2.75) is 39.3 Å². The van der Waals surface area contributed by atoms with E-state index in [9.17, 15) is 9.59 Å². The van der Waals surface area contributed by atoms with Crippen LogP contribution in [0.1, 0.15) is 32.3 Å². The fraction of sp³-hybridized carbons (Fsp3) is 0.556. The quantitative estimate of drug-likeness (QED) is 0.826. The molecule has 5 nitrogen and oxygen atoms in total. The summed E-state index contributed by atoms with van der Waals surface area (Å²) in [7, 11) is 0. The van der Waals surface area contributed by atoms with Crippen LogP contribution in [0.25, 0.3) is 0 Å². The lowest BCUT2D eigenvalue weighted by Gasteiger charge is -2.33. The fourth-order valence-corrected chi connectivity index (χ4v) is 2.94. The number of hydrogen-bond donors (Lipinski definition) is 2. The van der Waals surface area contributed by atoms with Gasteiger partial charge < -0.3 is 10.6 Å². The number of nitrogens with one attached hydrogen (secondary N) is 2. The molecule has 1 heterocycles. The molecule has 0 saturated carbocycles. The Morgan fingerprint density at radius 2 is 2.00 bits per heavy atom. The number of rotatable bonds is 6. The Kier molecular flexibility index (Phi) is 7.06. The van der Waals surface area contributed by atoms with Gasteiger partial charge in [0.2, 0.25) is 11.8 Å². The zero-order chi connectivity index (χ0) is 17.5. The zero-order valence-electron chi connectivity index (χ0n) is 14.3. The Hall–Kier alpha value is -1.59. The Labute approximate surface area is 148 Å². The summed E-state index contributed by atoms with van der Waals surface area (Å²) in [4.78, 5) is 25.8. The molecule has 1 aromatic carbocycles. The summed E-state index contributed by atoms with van der Waals surface area (Å²) in [5.74, 6) is -0.331. The van der Waals surface area contributed by atoms with Crippen LogP contribution >= 0.6 is 11.6 Å². The third kappa shape index (κ3) is 6.13. The minimum Gasteiger partial charge on any atom is -0.351 e. The lowest BCUT2D eigenvalue weighted by molar-refractivity contribution is -0.128. The SMILES string of the molecule is CC(C)C(=O)NCC(=O)N[C@H]1CCCN(Cc2ccc(Cl)cc2)C1. The van der Waals surface area contributed by atoms with Gasteiger partial charge in [0, 0.05) is 30.1 Å². The molecule has 0 aromatic heterocycles. The number of benzene rings is 1. The summed E-state index contributed by atoms with van der Waals surface area (Å²) in [5.41, 5.74) is 1.22.